The van der Waals surface area contributed by atoms with Crippen molar-refractivity contribution in [3.63, 3.8) is 0 Å². The number of carbonyl (C=O) groups excluding carboxylic acids is 1. The van der Waals surface area contributed by atoms with Crippen molar-refractivity contribution in [3.05, 3.63) is 65.7 Å². The number of hydrogen-bond acceptors (Lipinski definition) is 3. The van der Waals surface area contributed by atoms with E-state index in [-0.39, 0.29) is 12.5 Å². The molecule has 0 atom stereocenters. The summed E-state index contributed by atoms with van der Waals surface area (Å²) in [5, 5.41) is 5.86. The van der Waals surface area contributed by atoms with Crippen molar-refractivity contribution in [1.29, 1.82) is 0 Å². The standard InChI is InChI=1S/C19H19F2N3O/c1-2-23(15-8-9-16(20)17(21)12-15)13-19(25)24-11-10-18(22-24)14-6-4-3-5-7-14/h3-9,12H,2,10-11,13H2,1H3. The zero-order chi connectivity index (χ0) is 17.8. The highest BCUT2D eigenvalue weighted by molar-refractivity contribution is 6.02. The van der Waals surface area contributed by atoms with E-state index in [1.54, 1.807) is 4.90 Å². The number of rotatable bonds is 5. The molecule has 1 heterocycles. The lowest BCUT2D eigenvalue weighted by Gasteiger charge is -2.24. The van der Waals surface area contributed by atoms with Crippen LogP contribution in [0.4, 0.5) is 14.5 Å². The molecule has 4 nitrogen and oxygen atoms in total. The SMILES string of the molecule is CCN(CC(=O)N1CCC(c2ccccc2)=N1)c1ccc(F)c(F)c1. The highest BCUT2D eigenvalue weighted by Crippen LogP contribution is 2.19. The Labute approximate surface area is 145 Å². The first-order valence-corrected chi connectivity index (χ1v) is 8.21. The predicted molar refractivity (Wildman–Crippen MR) is 93.6 cm³/mol. The van der Waals surface area contributed by atoms with Crippen LogP contribution in [0.5, 0.6) is 0 Å². The molecule has 0 radical (unpaired) electrons. The monoisotopic (exact) mass is 343 g/mol. The maximum absolute atomic E-state index is 13.4. The Kier molecular flexibility index (Phi) is 5.07. The fraction of sp³-hybridized carbons (Fsp3) is 0.263. The lowest BCUT2D eigenvalue weighted by Crippen LogP contribution is -2.37. The fourth-order valence-electron chi connectivity index (χ4n) is 2.78. The van der Waals surface area contributed by atoms with E-state index >= 15 is 0 Å². The number of hydrazone groups is 1. The number of carbonyl (C=O) groups is 1. The van der Waals surface area contributed by atoms with Crippen LogP contribution in [-0.4, -0.2) is 36.3 Å². The highest BCUT2D eigenvalue weighted by Gasteiger charge is 2.23. The number of likely N-dealkylation sites (N-methyl/N-ethyl adjacent to an activating group) is 1. The largest absolute Gasteiger partial charge is 0.362 e. The Morgan fingerprint density at radius 1 is 1.16 bits per heavy atom. The molecule has 0 N–H and O–H groups in total. The number of anilines is 1. The second kappa shape index (κ2) is 7.42. The van der Waals surface area contributed by atoms with Gasteiger partial charge in [-0.05, 0) is 24.6 Å². The van der Waals surface area contributed by atoms with E-state index < -0.39 is 11.6 Å². The molecule has 130 valence electrons. The summed E-state index contributed by atoms with van der Waals surface area (Å²) in [5.41, 5.74) is 2.36. The van der Waals surface area contributed by atoms with Gasteiger partial charge in [0.2, 0.25) is 0 Å². The smallest absolute Gasteiger partial charge is 0.262 e. The fourth-order valence-corrected chi connectivity index (χ4v) is 2.78. The Morgan fingerprint density at radius 2 is 1.92 bits per heavy atom. The minimum Gasteiger partial charge on any atom is -0.362 e. The van der Waals surface area contributed by atoms with Gasteiger partial charge in [-0.1, -0.05) is 30.3 Å². The number of benzene rings is 2. The van der Waals surface area contributed by atoms with Gasteiger partial charge in [0.05, 0.1) is 18.8 Å². The van der Waals surface area contributed by atoms with E-state index in [2.05, 4.69) is 5.10 Å². The number of halogens is 2. The summed E-state index contributed by atoms with van der Waals surface area (Å²) in [6, 6.07) is 13.4. The van der Waals surface area contributed by atoms with Crippen LogP contribution in [0.3, 0.4) is 0 Å². The van der Waals surface area contributed by atoms with Gasteiger partial charge in [0.1, 0.15) is 0 Å². The maximum atomic E-state index is 13.4. The molecule has 1 aliphatic rings. The first-order valence-electron chi connectivity index (χ1n) is 8.21. The second-order valence-electron chi connectivity index (χ2n) is 5.79. The normalized spacial score (nSPS) is 13.7. The van der Waals surface area contributed by atoms with Crippen LogP contribution in [0.2, 0.25) is 0 Å². The van der Waals surface area contributed by atoms with Gasteiger partial charge < -0.3 is 4.90 Å². The molecule has 0 saturated heterocycles. The molecule has 0 unspecified atom stereocenters. The third-order valence-electron chi connectivity index (χ3n) is 4.17. The number of hydrogen-bond donors (Lipinski definition) is 0. The quantitative estimate of drug-likeness (QED) is 0.834. The van der Waals surface area contributed by atoms with E-state index in [4.69, 9.17) is 0 Å². The van der Waals surface area contributed by atoms with Gasteiger partial charge in [0.15, 0.2) is 11.6 Å². The van der Waals surface area contributed by atoms with Crippen LogP contribution in [-0.2, 0) is 4.79 Å². The lowest BCUT2D eigenvalue weighted by atomic mass is 10.1. The summed E-state index contributed by atoms with van der Waals surface area (Å²) in [6.45, 7) is 2.95. The second-order valence-corrected chi connectivity index (χ2v) is 5.79. The van der Waals surface area contributed by atoms with E-state index in [9.17, 15) is 13.6 Å². The van der Waals surface area contributed by atoms with Gasteiger partial charge in [-0.15, -0.1) is 0 Å². The zero-order valence-corrected chi connectivity index (χ0v) is 14.0. The number of amides is 1. The average Bonchev–Trinajstić information content (AvgIpc) is 3.13. The van der Waals surface area contributed by atoms with Gasteiger partial charge in [-0.2, -0.15) is 5.10 Å². The van der Waals surface area contributed by atoms with Crippen molar-refractivity contribution in [2.75, 3.05) is 24.5 Å². The molecule has 0 aliphatic carbocycles. The van der Waals surface area contributed by atoms with Crippen LogP contribution in [0.15, 0.2) is 53.6 Å². The molecule has 0 fully saturated rings. The van der Waals surface area contributed by atoms with Crippen molar-refractivity contribution in [3.8, 4) is 0 Å². The van der Waals surface area contributed by atoms with Crippen LogP contribution >= 0.6 is 0 Å². The predicted octanol–water partition coefficient (Wildman–Crippen LogP) is 3.43. The molecular weight excluding hydrogens is 324 g/mol. The van der Waals surface area contributed by atoms with E-state index in [0.717, 1.165) is 23.4 Å². The topological polar surface area (TPSA) is 35.9 Å². The molecule has 0 aromatic heterocycles. The summed E-state index contributed by atoms with van der Waals surface area (Å²) in [7, 11) is 0. The van der Waals surface area contributed by atoms with Crippen molar-refractivity contribution < 1.29 is 13.6 Å². The molecule has 2 aromatic rings. The summed E-state index contributed by atoms with van der Waals surface area (Å²) >= 11 is 0. The molecule has 3 rings (SSSR count). The van der Waals surface area contributed by atoms with Gasteiger partial charge >= 0.3 is 0 Å². The van der Waals surface area contributed by atoms with E-state index in [1.807, 2.05) is 37.3 Å². The molecule has 0 saturated carbocycles. The van der Waals surface area contributed by atoms with Gasteiger partial charge in [-0.3, -0.25) is 4.79 Å². The van der Waals surface area contributed by atoms with Gasteiger partial charge in [0, 0.05) is 24.7 Å². The molecule has 6 heteroatoms. The van der Waals surface area contributed by atoms with E-state index in [0.29, 0.717) is 25.2 Å². The Balaban J connectivity index is 1.70. The highest BCUT2D eigenvalue weighted by atomic mass is 19.2. The molecule has 1 amide bonds. The minimum absolute atomic E-state index is 0.0626. The van der Waals surface area contributed by atoms with E-state index in [1.165, 1.54) is 11.1 Å². The summed E-state index contributed by atoms with van der Waals surface area (Å²) in [5.74, 6) is -1.99. The summed E-state index contributed by atoms with van der Waals surface area (Å²) < 4.78 is 26.5. The summed E-state index contributed by atoms with van der Waals surface area (Å²) in [4.78, 5) is 14.2. The van der Waals surface area contributed by atoms with Crippen molar-refractivity contribution in [2.45, 2.75) is 13.3 Å². The number of nitrogens with zero attached hydrogens (tertiary/aromatic N) is 3. The van der Waals surface area contributed by atoms with Crippen molar-refractivity contribution in [1.82, 2.24) is 5.01 Å². The van der Waals surface area contributed by atoms with Gasteiger partial charge in [-0.25, -0.2) is 13.8 Å². The molecule has 25 heavy (non-hydrogen) atoms. The van der Waals surface area contributed by atoms with Crippen molar-refractivity contribution >= 4 is 17.3 Å². The molecule has 1 aliphatic heterocycles. The van der Waals surface area contributed by atoms with Crippen LogP contribution < -0.4 is 4.90 Å². The first kappa shape index (κ1) is 17.1. The first-order chi connectivity index (χ1) is 12.1. The molecule has 0 bridgehead atoms. The third kappa shape index (κ3) is 3.84. The minimum atomic E-state index is -0.922. The van der Waals surface area contributed by atoms with Crippen LogP contribution in [0.25, 0.3) is 0 Å². The zero-order valence-electron chi connectivity index (χ0n) is 14.0. The Bertz CT molecular complexity index is 793. The summed E-state index contributed by atoms with van der Waals surface area (Å²) in [6.07, 6.45) is 0.701. The van der Waals surface area contributed by atoms with Crippen LogP contribution in [0, 0.1) is 11.6 Å². The molecular formula is C19H19F2N3O. The Hall–Kier alpha value is -2.76. The lowest BCUT2D eigenvalue weighted by molar-refractivity contribution is -0.129. The van der Waals surface area contributed by atoms with Crippen LogP contribution in [0.1, 0.15) is 18.9 Å². The van der Waals surface area contributed by atoms with Crippen molar-refractivity contribution in [2.24, 2.45) is 5.10 Å². The third-order valence-corrected chi connectivity index (χ3v) is 4.17. The maximum Gasteiger partial charge on any atom is 0.262 e. The van der Waals surface area contributed by atoms with Gasteiger partial charge in [0.25, 0.3) is 5.91 Å². The molecule has 2 aromatic carbocycles. The molecule has 0 spiro atoms. The average molecular weight is 343 g/mol. The Morgan fingerprint density at radius 3 is 2.60 bits per heavy atom.